The third-order valence-electron chi connectivity index (χ3n) is 5.10. The largest absolute Gasteiger partial charge is 0.293 e. The van der Waals surface area contributed by atoms with Crippen molar-refractivity contribution in [2.24, 2.45) is 4.99 Å². The molecular formula is C22H16N4O. The molecule has 0 spiro atoms. The fourth-order valence-corrected chi connectivity index (χ4v) is 3.72. The molecule has 2 aliphatic rings. The lowest BCUT2D eigenvalue weighted by atomic mass is 9.68. The van der Waals surface area contributed by atoms with Gasteiger partial charge in [-0.25, -0.2) is 0 Å². The molecule has 0 unspecified atom stereocenters. The van der Waals surface area contributed by atoms with E-state index >= 15 is 0 Å². The molecule has 0 radical (unpaired) electrons. The minimum absolute atomic E-state index is 0.324. The molecule has 0 bridgehead atoms. The predicted molar refractivity (Wildman–Crippen MR) is 102 cm³/mol. The Kier molecular flexibility index (Phi) is 3.86. The number of nitriles is 2. The molecule has 0 saturated heterocycles. The third kappa shape index (κ3) is 2.37. The zero-order valence-corrected chi connectivity index (χ0v) is 14.8. The van der Waals surface area contributed by atoms with Gasteiger partial charge < -0.3 is 0 Å². The molecule has 27 heavy (non-hydrogen) atoms. The van der Waals surface area contributed by atoms with E-state index in [4.69, 9.17) is 0 Å². The van der Waals surface area contributed by atoms with E-state index in [2.05, 4.69) is 17.1 Å². The topological polar surface area (TPSA) is 80.2 Å². The van der Waals surface area contributed by atoms with Crippen LogP contribution in [0, 0.1) is 29.6 Å². The Morgan fingerprint density at radius 3 is 2.56 bits per heavy atom. The first-order valence-electron chi connectivity index (χ1n) is 8.68. The molecule has 0 N–H and O–H groups in total. The highest BCUT2D eigenvalue weighted by Crippen LogP contribution is 2.44. The van der Waals surface area contributed by atoms with Gasteiger partial charge in [0.2, 0.25) is 0 Å². The van der Waals surface area contributed by atoms with Crippen molar-refractivity contribution in [2.75, 3.05) is 13.1 Å². The van der Waals surface area contributed by atoms with Crippen molar-refractivity contribution in [1.29, 1.82) is 10.5 Å². The fourth-order valence-electron chi connectivity index (χ4n) is 3.72. The first-order chi connectivity index (χ1) is 13.1. The lowest BCUT2D eigenvalue weighted by molar-refractivity contribution is -0.129. The van der Waals surface area contributed by atoms with Gasteiger partial charge in [0.1, 0.15) is 5.84 Å². The number of fused-ring (bicyclic) bond motifs is 1. The smallest absolute Gasteiger partial charge is 0.257 e. The normalized spacial score (nSPS) is 21.0. The first kappa shape index (κ1) is 16.8. The predicted octanol–water partition coefficient (Wildman–Crippen LogP) is 2.97. The second-order valence-corrected chi connectivity index (χ2v) is 6.64. The Morgan fingerprint density at radius 1 is 1.11 bits per heavy atom. The Labute approximate surface area is 157 Å². The minimum atomic E-state index is -1.58. The SMILES string of the molecule is Cc1ccc(C2=CC3=NCCN3C(=O)[C@]2(C#N)c2ccccc2C#N)cc1. The molecule has 2 aliphatic heterocycles. The molecule has 2 heterocycles. The van der Waals surface area contributed by atoms with Crippen LogP contribution in [0.15, 0.2) is 59.6 Å². The second-order valence-electron chi connectivity index (χ2n) is 6.64. The molecular weight excluding hydrogens is 336 g/mol. The van der Waals surface area contributed by atoms with Crippen LogP contribution in [-0.2, 0) is 10.2 Å². The van der Waals surface area contributed by atoms with Gasteiger partial charge in [0.25, 0.3) is 5.91 Å². The molecule has 2 aromatic carbocycles. The van der Waals surface area contributed by atoms with Gasteiger partial charge in [-0.3, -0.25) is 14.7 Å². The Bertz CT molecular complexity index is 1080. The number of benzene rings is 2. The van der Waals surface area contributed by atoms with E-state index < -0.39 is 5.41 Å². The van der Waals surface area contributed by atoms with Gasteiger partial charge in [-0.05, 0) is 30.2 Å². The highest BCUT2D eigenvalue weighted by molar-refractivity contribution is 6.22. The van der Waals surface area contributed by atoms with E-state index in [1.807, 2.05) is 37.3 Å². The number of carbonyl (C=O) groups is 1. The molecule has 0 aromatic heterocycles. The van der Waals surface area contributed by atoms with Crippen molar-refractivity contribution in [1.82, 2.24) is 4.90 Å². The highest BCUT2D eigenvalue weighted by Gasteiger charge is 2.52. The van der Waals surface area contributed by atoms with Crippen molar-refractivity contribution >= 4 is 17.3 Å². The van der Waals surface area contributed by atoms with Crippen LogP contribution < -0.4 is 0 Å². The number of amidine groups is 1. The lowest BCUT2D eigenvalue weighted by Crippen LogP contribution is -2.51. The van der Waals surface area contributed by atoms with Crippen LogP contribution >= 0.6 is 0 Å². The summed E-state index contributed by atoms with van der Waals surface area (Å²) in [6.45, 7) is 2.94. The van der Waals surface area contributed by atoms with Gasteiger partial charge in [0.15, 0.2) is 5.41 Å². The van der Waals surface area contributed by atoms with Gasteiger partial charge >= 0.3 is 0 Å². The standard InChI is InChI=1S/C22H16N4O/c1-15-6-8-16(9-7-15)19-12-20-25-10-11-26(20)21(27)22(19,14-24)18-5-3-2-4-17(18)13-23/h2-9,12H,10-11H2,1H3/t22-/m1/s1. The highest BCUT2D eigenvalue weighted by atomic mass is 16.2. The zero-order chi connectivity index (χ0) is 19.0. The van der Waals surface area contributed by atoms with Crippen molar-refractivity contribution in [3.8, 4) is 12.1 Å². The fraction of sp³-hybridized carbons (Fsp3) is 0.182. The van der Waals surface area contributed by atoms with E-state index in [0.29, 0.717) is 35.6 Å². The quantitative estimate of drug-likeness (QED) is 0.833. The minimum Gasteiger partial charge on any atom is -0.293 e. The molecule has 5 heteroatoms. The summed E-state index contributed by atoms with van der Waals surface area (Å²) >= 11 is 0. The van der Waals surface area contributed by atoms with E-state index in [0.717, 1.165) is 11.1 Å². The van der Waals surface area contributed by atoms with Crippen LogP contribution in [0.5, 0.6) is 0 Å². The van der Waals surface area contributed by atoms with E-state index in [-0.39, 0.29) is 5.91 Å². The summed E-state index contributed by atoms with van der Waals surface area (Å²) in [6.07, 6.45) is 1.82. The molecule has 0 fully saturated rings. The summed E-state index contributed by atoms with van der Waals surface area (Å²) in [4.78, 5) is 19.5. The summed E-state index contributed by atoms with van der Waals surface area (Å²) in [5, 5.41) is 19.9. The summed E-state index contributed by atoms with van der Waals surface area (Å²) in [5.74, 6) is 0.234. The van der Waals surface area contributed by atoms with Crippen molar-refractivity contribution in [3.05, 3.63) is 76.9 Å². The van der Waals surface area contributed by atoms with Crippen LogP contribution in [-0.4, -0.2) is 29.7 Å². The molecule has 2 aromatic rings. The van der Waals surface area contributed by atoms with Crippen LogP contribution in [0.2, 0.25) is 0 Å². The Morgan fingerprint density at radius 2 is 1.85 bits per heavy atom. The number of nitrogens with zero attached hydrogens (tertiary/aromatic N) is 4. The summed E-state index contributed by atoms with van der Waals surface area (Å²) in [6, 6.07) is 18.9. The number of carbonyl (C=O) groups excluding carboxylic acids is 1. The number of rotatable bonds is 2. The average Bonchev–Trinajstić information content (AvgIpc) is 3.18. The maximum Gasteiger partial charge on any atom is 0.257 e. The van der Waals surface area contributed by atoms with Gasteiger partial charge in [-0.15, -0.1) is 0 Å². The summed E-state index contributed by atoms with van der Waals surface area (Å²) < 4.78 is 0. The van der Waals surface area contributed by atoms with Crippen molar-refractivity contribution in [2.45, 2.75) is 12.3 Å². The number of aryl methyl sites for hydroxylation is 1. The third-order valence-corrected chi connectivity index (χ3v) is 5.10. The molecule has 0 aliphatic carbocycles. The van der Waals surface area contributed by atoms with Gasteiger partial charge in [0.05, 0.1) is 24.2 Å². The van der Waals surface area contributed by atoms with Gasteiger partial charge in [-0.1, -0.05) is 48.0 Å². The second kappa shape index (κ2) is 6.23. The van der Waals surface area contributed by atoms with Crippen molar-refractivity contribution < 1.29 is 4.79 Å². The number of hydrogen-bond acceptors (Lipinski definition) is 4. The Hall–Kier alpha value is -3.70. The molecule has 4 rings (SSSR count). The maximum atomic E-state index is 13.6. The summed E-state index contributed by atoms with van der Waals surface area (Å²) in [7, 11) is 0. The van der Waals surface area contributed by atoms with E-state index in [1.54, 1.807) is 29.2 Å². The molecule has 1 amide bonds. The van der Waals surface area contributed by atoms with Gasteiger partial charge in [0, 0.05) is 12.1 Å². The monoisotopic (exact) mass is 352 g/mol. The first-order valence-corrected chi connectivity index (χ1v) is 8.68. The van der Waals surface area contributed by atoms with Crippen LogP contribution in [0.25, 0.3) is 5.57 Å². The van der Waals surface area contributed by atoms with Crippen LogP contribution in [0.1, 0.15) is 22.3 Å². The number of hydrogen-bond donors (Lipinski definition) is 0. The Balaban J connectivity index is 2.05. The van der Waals surface area contributed by atoms with Gasteiger partial charge in [-0.2, -0.15) is 10.5 Å². The van der Waals surface area contributed by atoms with E-state index in [1.165, 1.54) is 0 Å². The molecule has 5 nitrogen and oxygen atoms in total. The van der Waals surface area contributed by atoms with Crippen LogP contribution in [0.3, 0.4) is 0 Å². The molecule has 1 atom stereocenters. The number of aliphatic imine (C=N–C) groups is 1. The van der Waals surface area contributed by atoms with Crippen molar-refractivity contribution in [3.63, 3.8) is 0 Å². The maximum absolute atomic E-state index is 13.6. The zero-order valence-electron chi connectivity index (χ0n) is 14.8. The van der Waals surface area contributed by atoms with E-state index in [9.17, 15) is 15.3 Å². The number of amides is 1. The van der Waals surface area contributed by atoms with Crippen LogP contribution in [0.4, 0.5) is 0 Å². The molecule has 130 valence electrons. The lowest BCUT2D eigenvalue weighted by Gasteiger charge is -2.37. The average molecular weight is 352 g/mol. The molecule has 0 saturated carbocycles. The summed E-state index contributed by atoms with van der Waals surface area (Å²) in [5.41, 5.74) is 1.58.